The number of hydrogen-bond donors (Lipinski definition) is 0. The SMILES string of the molecule is CCCC(C)(Cl)Cn1ncc(OCc2ccc(C(F)(F)F)cc2)c(Cl)c1=O. The van der Waals surface area contributed by atoms with E-state index in [0.717, 1.165) is 18.6 Å². The molecule has 1 heterocycles. The predicted octanol–water partition coefficient (Wildman–Crippen LogP) is 5.29. The predicted molar refractivity (Wildman–Crippen MR) is 98.4 cm³/mol. The number of alkyl halides is 4. The van der Waals surface area contributed by atoms with Gasteiger partial charge in [0.25, 0.3) is 5.56 Å². The molecule has 1 unspecified atom stereocenters. The highest BCUT2D eigenvalue weighted by atomic mass is 35.5. The molecule has 0 radical (unpaired) electrons. The van der Waals surface area contributed by atoms with Gasteiger partial charge < -0.3 is 4.74 Å². The van der Waals surface area contributed by atoms with E-state index < -0.39 is 22.2 Å². The van der Waals surface area contributed by atoms with E-state index in [4.69, 9.17) is 27.9 Å². The second kappa shape index (κ2) is 8.52. The smallest absolute Gasteiger partial charge is 0.416 e. The Bertz CT molecular complexity index is 834. The minimum atomic E-state index is -4.40. The molecule has 0 N–H and O–H groups in total. The van der Waals surface area contributed by atoms with Gasteiger partial charge in [0.05, 0.1) is 23.2 Å². The first-order valence-electron chi connectivity index (χ1n) is 8.27. The van der Waals surface area contributed by atoms with Crippen molar-refractivity contribution in [2.45, 2.75) is 50.9 Å². The van der Waals surface area contributed by atoms with E-state index in [-0.39, 0.29) is 23.9 Å². The van der Waals surface area contributed by atoms with Crippen molar-refractivity contribution >= 4 is 23.2 Å². The molecule has 0 saturated heterocycles. The monoisotopic (exact) mass is 422 g/mol. The number of hydrogen-bond acceptors (Lipinski definition) is 3. The number of nitrogens with zero attached hydrogens (tertiary/aromatic N) is 2. The molecule has 9 heteroatoms. The van der Waals surface area contributed by atoms with Crippen molar-refractivity contribution in [1.82, 2.24) is 9.78 Å². The lowest BCUT2D eigenvalue weighted by atomic mass is 10.1. The van der Waals surface area contributed by atoms with Crippen LogP contribution in [0.1, 0.15) is 37.8 Å². The second-order valence-corrected chi connectivity index (χ2v) is 7.72. The zero-order valence-electron chi connectivity index (χ0n) is 14.8. The molecule has 1 aromatic carbocycles. The van der Waals surface area contributed by atoms with Gasteiger partial charge in [0.2, 0.25) is 0 Å². The third kappa shape index (κ3) is 5.87. The average Bonchev–Trinajstić information content (AvgIpc) is 2.58. The molecular weight excluding hydrogens is 404 g/mol. The fourth-order valence-corrected chi connectivity index (χ4v) is 3.03. The molecule has 0 saturated carbocycles. The topological polar surface area (TPSA) is 44.1 Å². The maximum atomic E-state index is 12.6. The zero-order valence-corrected chi connectivity index (χ0v) is 16.3. The van der Waals surface area contributed by atoms with Gasteiger partial charge in [-0.3, -0.25) is 4.79 Å². The highest BCUT2D eigenvalue weighted by Gasteiger charge is 2.30. The number of aromatic nitrogens is 2. The van der Waals surface area contributed by atoms with Crippen LogP contribution >= 0.6 is 23.2 Å². The average molecular weight is 423 g/mol. The molecule has 1 atom stereocenters. The quantitative estimate of drug-likeness (QED) is 0.569. The van der Waals surface area contributed by atoms with Crippen LogP contribution in [0.2, 0.25) is 5.02 Å². The summed E-state index contributed by atoms with van der Waals surface area (Å²) < 4.78 is 44.3. The fourth-order valence-electron chi connectivity index (χ4n) is 2.53. The summed E-state index contributed by atoms with van der Waals surface area (Å²) in [4.78, 5) is 11.7. The molecule has 0 fully saturated rings. The van der Waals surface area contributed by atoms with Crippen LogP contribution in [-0.2, 0) is 19.3 Å². The van der Waals surface area contributed by atoms with Gasteiger partial charge in [-0.15, -0.1) is 11.6 Å². The van der Waals surface area contributed by atoms with Crippen LogP contribution in [0, 0.1) is 0 Å². The molecule has 2 aromatic rings. The van der Waals surface area contributed by atoms with Gasteiger partial charge in [-0.1, -0.05) is 37.1 Å². The van der Waals surface area contributed by atoms with Crippen molar-refractivity contribution in [3.63, 3.8) is 0 Å². The molecule has 0 bridgehead atoms. The Labute approximate surface area is 164 Å². The minimum Gasteiger partial charge on any atom is -0.485 e. The van der Waals surface area contributed by atoms with E-state index in [9.17, 15) is 18.0 Å². The zero-order chi connectivity index (χ0) is 20.2. The van der Waals surface area contributed by atoms with Crippen molar-refractivity contribution in [3.8, 4) is 5.75 Å². The van der Waals surface area contributed by atoms with Gasteiger partial charge in [-0.25, -0.2) is 4.68 Å². The lowest BCUT2D eigenvalue weighted by molar-refractivity contribution is -0.137. The summed E-state index contributed by atoms with van der Waals surface area (Å²) in [7, 11) is 0. The third-order valence-electron chi connectivity index (χ3n) is 3.88. The Morgan fingerprint density at radius 2 is 1.85 bits per heavy atom. The first-order chi connectivity index (χ1) is 12.5. The van der Waals surface area contributed by atoms with Gasteiger partial charge >= 0.3 is 6.18 Å². The van der Waals surface area contributed by atoms with Crippen molar-refractivity contribution in [2.75, 3.05) is 0 Å². The molecular formula is C18H19Cl2F3N2O2. The molecule has 148 valence electrons. The molecule has 27 heavy (non-hydrogen) atoms. The fraction of sp³-hybridized carbons (Fsp3) is 0.444. The van der Waals surface area contributed by atoms with Gasteiger partial charge in [0, 0.05) is 0 Å². The van der Waals surface area contributed by atoms with Gasteiger partial charge in [0.15, 0.2) is 10.8 Å². The number of halogens is 5. The Kier molecular flexibility index (Phi) is 6.81. The molecule has 0 aliphatic rings. The molecule has 4 nitrogen and oxygen atoms in total. The summed E-state index contributed by atoms with van der Waals surface area (Å²) in [5.74, 6) is 0.0598. The summed E-state index contributed by atoms with van der Waals surface area (Å²) in [6.07, 6.45) is -1.54. The number of ether oxygens (including phenoxy) is 1. The summed E-state index contributed by atoms with van der Waals surface area (Å²) >= 11 is 12.4. The molecule has 0 spiro atoms. The summed E-state index contributed by atoms with van der Waals surface area (Å²) in [5.41, 5.74) is -0.783. The highest BCUT2D eigenvalue weighted by Crippen LogP contribution is 2.29. The molecule has 0 aliphatic carbocycles. The van der Waals surface area contributed by atoms with Gasteiger partial charge in [0.1, 0.15) is 6.61 Å². The van der Waals surface area contributed by atoms with Crippen LogP contribution in [-0.4, -0.2) is 14.7 Å². The number of rotatable bonds is 7. The second-order valence-electron chi connectivity index (χ2n) is 6.43. The van der Waals surface area contributed by atoms with Crippen LogP contribution in [0.5, 0.6) is 5.75 Å². The Balaban J connectivity index is 2.10. The Morgan fingerprint density at radius 3 is 2.41 bits per heavy atom. The van der Waals surface area contributed by atoms with Crippen LogP contribution in [0.3, 0.4) is 0 Å². The van der Waals surface area contributed by atoms with E-state index in [1.54, 1.807) is 0 Å². The Hall–Kier alpha value is -1.73. The van der Waals surface area contributed by atoms with Crippen molar-refractivity contribution < 1.29 is 17.9 Å². The highest BCUT2D eigenvalue weighted by molar-refractivity contribution is 6.31. The van der Waals surface area contributed by atoms with E-state index in [0.29, 0.717) is 12.0 Å². The number of benzene rings is 1. The molecule has 0 amide bonds. The van der Waals surface area contributed by atoms with E-state index in [1.807, 2.05) is 13.8 Å². The van der Waals surface area contributed by atoms with Gasteiger partial charge in [-0.2, -0.15) is 18.3 Å². The molecule has 0 aliphatic heterocycles. The van der Waals surface area contributed by atoms with Crippen LogP contribution in [0.4, 0.5) is 13.2 Å². The maximum Gasteiger partial charge on any atom is 0.416 e. The maximum absolute atomic E-state index is 12.6. The van der Waals surface area contributed by atoms with E-state index in [1.165, 1.54) is 23.0 Å². The van der Waals surface area contributed by atoms with E-state index in [2.05, 4.69) is 5.10 Å². The van der Waals surface area contributed by atoms with Crippen molar-refractivity contribution in [3.05, 3.63) is 57.0 Å². The Morgan fingerprint density at radius 1 is 1.22 bits per heavy atom. The first-order valence-corrected chi connectivity index (χ1v) is 9.02. The van der Waals surface area contributed by atoms with Crippen LogP contribution in [0.15, 0.2) is 35.3 Å². The summed E-state index contributed by atoms with van der Waals surface area (Å²) in [6.45, 7) is 3.95. The van der Waals surface area contributed by atoms with Gasteiger partial charge in [-0.05, 0) is 31.0 Å². The van der Waals surface area contributed by atoms with Crippen molar-refractivity contribution in [2.24, 2.45) is 0 Å². The lowest BCUT2D eigenvalue weighted by Gasteiger charge is -2.21. The standard InChI is InChI=1S/C18H19Cl2F3N2O2/c1-3-8-17(2,20)11-25-16(26)15(19)14(9-24-25)27-10-12-4-6-13(7-5-12)18(21,22)23/h4-7,9H,3,8,10-11H2,1-2H3. The first kappa shape index (κ1) is 21.6. The van der Waals surface area contributed by atoms with Crippen molar-refractivity contribution in [1.29, 1.82) is 0 Å². The molecule has 1 aromatic heterocycles. The minimum absolute atomic E-state index is 0.0496. The normalized spacial score (nSPS) is 14.0. The lowest BCUT2D eigenvalue weighted by Crippen LogP contribution is -2.33. The summed E-state index contributed by atoms with van der Waals surface area (Å²) in [5, 5.41) is 3.87. The van der Waals surface area contributed by atoms with Crippen LogP contribution in [0.25, 0.3) is 0 Å². The summed E-state index contributed by atoms with van der Waals surface area (Å²) in [6, 6.07) is 4.53. The third-order valence-corrected chi connectivity index (χ3v) is 4.54. The largest absolute Gasteiger partial charge is 0.485 e. The molecule has 2 rings (SSSR count). The van der Waals surface area contributed by atoms with Crippen LogP contribution < -0.4 is 10.3 Å². The van der Waals surface area contributed by atoms with E-state index >= 15 is 0 Å².